The largest absolute Gasteiger partial charge is 0.357 e. The van der Waals surface area contributed by atoms with Gasteiger partial charge in [0.1, 0.15) is 12.4 Å². The van der Waals surface area contributed by atoms with E-state index in [-0.39, 0.29) is 24.0 Å². The fourth-order valence-corrected chi connectivity index (χ4v) is 3.49. The number of halogens is 1. The molecule has 0 aliphatic carbocycles. The summed E-state index contributed by atoms with van der Waals surface area (Å²) in [6.45, 7) is 9.09. The predicted octanol–water partition coefficient (Wildman–Crippen LogP) is 1.77. The molecule has 2 aliphatic heterocycles. The molecule has 0 bridgehead atoms. The molecule has 1 aromatic rings. The van der Waals surface area contributed by atoms with Gasteiger partial charge in [0.25, 0.3) is 0 Å². The van der Waals surface area contributed by atoms with Crippen molar-refractivity contribution in [3.05, 3.63) is 11.6 Å². The van der Waals surface area contributed by atoms with Gasteiger partial charge in [0.05, 0.1) is 0 Å². The first kappa shape index (κ1) is 20.4. The van der Waals surface area contributed by atoms with Gasteiger partial charge in [0.15, 0.2) is 11.8 Å². The fraction of sp³-hybridized carbons (Fsp3) is 0.824. The van der Waals surface area contributed by atoms with E-state index in [9.17, 15) is 0 Å². The molecule has 8 heteroatoms. The molecule has 0 amide bonds. The molecule has 142 valence electrons. The summed E-state index contributed by atoms with van der Waals surface area (Å²) in [4.78, 5) is 7.24. The van der Waals surface area contributed by atoms with Crippen molar-refractivity contribution in [3.8, 4) is 0 Å². The number of hydrogen-bond acceptors (Lipinski definition) is 4. The number of nitrogens with zero attached hydrogens (tertiary/aromatic N) is 5. The molecule has 1 fully saturated rings. The molecular weight excluding hydrogens is 429 g/mol. The van der Waals surface area contributed by atoms with Gasteiger partial charge in [-0.3, -0.25) is 0 Å². The summed E-state index contributed by atoms with van der Waals surface area (Å²) in [7, 11) is 0. The van der Waals surface area contributed by atoms with Crippen molar-refractivity contribution in [1.29, 1.82) is 0 Å². The Labute approximate surface area is 168 Å². The highest BCUT2D eigenvalue weighted by atomic mass is 127. The van der Waals surface area contributed by atoms with Crippen LogP contribution in [0.1, 0.15) is 50.7 Å². The molecule has 2 aliphatic rings. The second-order valence-electron chi connectivity index (χ2n) is 6.67. The lowest BCUT2D eigenvalue weighted by molar-refractivity contribution is 0.232. The number of aliphatic imine (C=N–C) groups is 1. The first-order valence-corrected chi connectivity index (χ1v) is 9.52. The maximum Gasteiger partial charge on any atom is 0.191 e. The Morgan fingerprint density at radius 3 is 2.64 bits per heavy atom. The predicted molar refractivity (Wildman–Crippen MR) is 111 cm³/mol. The van der Waals surface area contributed by atoms with Crippen molar-refractivity contribution in [3.63, 3.8) is 0 Å². The molecule has 3 heterocycles. The SMILES string of the molecule is CCNC(=NCc1nnc2n1CCCC2)NCCN1CCCCC1.I. The number of aromatic nitrogens is 3. The van der Waals surface area contributed by atoms with E-state index in [0.29, 0.717) is 6.54 Å². The van der Waals surface area contributed by atoms with Gasteiger partial charge in [-0.2, -0.15) is 0 Å². The van der Waals surface area contributed by atoms with E-state index in [2.05, 4.69) is 37.2 Å². The monoisotopic (exact) mass is 461 g/mol. The number of guanidine groups is 1. The second kappa shape index (κ2) is 10.9. The average Bonchev–Trinajstić information content (AvgIpc) is 3.04. The maximum atomic E-state index is 4.70. The number of likely N-dealkylation sites (tertiary alicyclic amines) is 1. The van der Waals surface area contributed by atoms with E-state index in [0.717, 1.165) is 50.2 Å². The van der Waals surface area contributed by atoms with Crippen LogP contribution in [0.5, 0.6) is 0 Å². The van der Waals surface area contributed by atoms with Crippen molar-refractivity contribution in [2.24, 2.45) is 4.99 Å². The van der Waals surface area contributed by atoms with E-state index in [1.54, 1.807) is 0 Å². The first-order chi connectivity index (χ1) is 11.9. The average molecular weight is 461 g/mol. The van der Waals surface area contributed by atoms with E-state index in [1.807, 2.05) is 0 Å². The van der Waals surface area contributed by atoms with E-state index < -0.39 is 0 Å². The number of piperidine rings is 1. The number of rotatable bonds is 6. The Kier molecular flexibility index (Phi) is 8.94. The molecule has 7 nitrogen and oxygen atoms in total. The fourth-order valence-electron chi connectivity index (χ4n) is 3.49. The highest BCUT2D eigenvalue weighted by Gasteiger charge is 2.15. The van der Waals surface area contributed by atoms with Crippen LogP contribution in [0.4, 0.5) is 0 Å². The molecule has 1 aromatic heterocycles. The molecule has 0 spiro atoms. The standard InChI is InChI=1S/C17H31N7.HI/c1-2-18-17(19-9-13-23-10-5-3-6-11-23)20-14-16-22-21-15-8-4-7-12-24(15)16;/h2-14H2,1H3,(H2,18,19,20);1H. The number of aryl methyl sites for hydroxylation is 1. The van der Waals surface area contributed by atoms with E-state index in [4.69, 9.17) is 4.99 Å². The summed E-state index contributed by atoms with van der Waals surface area (Å²) in [5, 5.41) is 15.4. The summed E-state index contributed by atoms with van der Waals surface area (Å²) in [6, 6.07) is 0. The van der Waals surface area contributed by atoms with Crippen LogP contribution in [0.3, 0.4) is 0 Å². The Morgan fingerprint density at radius 1 is 1.04 bits per heavy atom. The minimum atomic E-state index is 0. The third-order valence-electron chi connectivity index (χ3n) is 4.83. The molecule has 2 N–H and O–H groups in total. The smallest absolute Gasteiger partial charge is 0.191 e. The number of nitrogens with one attached hydrogen (secondary N) is 2. The maximum absolute atomic E-state index is 4.70. The van der Waals surface area contributed by atoms with Crippen molar-refractivity contribution in [2.75, 3.05) is 32.7 Å². The molecule has 1 saturated heterocycles. The van der Waals surface area contributed by atoms with E-state index >= 15 is 0 Å². The topological polar surface area (TPSA) is 70.4 Å². The van der Waals surface area contributed by atoms with Gasteiger partial charge in [-0.25, -0.2) is 4.99 Å². The summed E-state index contributed by atoms with van der Waals surface area (Å²) in [5.74, 6) is 2.98. The van der Waals surface area contributed by atoms with Gasteiger partial charge >= 0.3 is 0 Å². The van der Waals surface area contributed by atoms with E-state index in [1.165, 1.54) is 45.2 Å². The Balaban J connectivity index is 0.00000225. The minimum Gasteiger partial charge on any atom is -0.357 e. The zero-order chi connectivity index (χ0) is 16.6. The van der Waals surface area contributed by atoms with Gasteiger partial charge in [-0.1, -0.05) is 6.42 Å². The van der Waals surface area contributed by atoms with Gasteiger partial charge < -0.3 is 20.1 Å². The van der Waals surface area contributed by atoms with Crippen LogP contribution in [0.15, 0.2) is 4.99 Å². The molecule has 3 rings (SSSR count). The third kappa shape index (κ3) is 6.09. The highest BCUT2D eigenvalue weighted by Crippen LogP contribution is 2.14. The Morgan fingerprint density at radius 2 is 1.84 bits per heavy atom. The summed E-state index contributed by atoms with van der Waals surface area (Å²) in [5.41, 5.74) is 0. The van der Waals surface area contributed by atoms with Crippen LogP contribution in [0.2, 0.25) is 0 Å². The van der Waals surface area contributed by atoms with Crippen molar-refractivity contribution < 1.29 is 0 Å². The summed E-state index contributed by atoms with van der Waals surface area (Å²) in [6.07, 6.45) is 7.55. The van der Waals surface area contributed by atoms with Gasteiger partial charge in [0, 0.05) is 32.6 Å². The normalized spacial score (nSPS) is 18.4. The number of fused-ring (bicyclic) bond motifs is 1. The molecule has 0 unspecified atom stereocenters. The van der Waals surface area contributed by atoms with Crippen LogP contribution in [-0.4, -0.2) is 58.3 Å². The molecule has 0 aromatic carbocycles. The van der Waals surface area contributed by atoms with Crippen LogP contribution in [0, 0.1) is 0 Å². The number of hydrogen-bond donors (Lipinski definition) is 2. The van der Waals surface area contributed by atoms with Crippen LogP contribution in [-0.2, 0) is 19.5 Å². The van der Waals surface area contributed by atoms with Gasteiger partial charge in [0.2, 0.25) is 0 Å². The van der Waals surface area contributed by atoms with Crippen LogP contribution in [0.25, 0.3) is 0 Å². The van der Waals surface area contributed by atoms with Crippen molar-refractivity contribution in [1.82, 2.24) is 30.3 Å². The van der Waals surface area contributed by atoms with Crippen molar-refractivity contribution in [2.45, 2.75) is 58.5 Å². The molecule has 0 saturated carbocycles. The Hall–Kier alpha value is -0.900. The lowest BCUT2D eigenvalue weighted by atomic mass is 10.1. The molecule has 0 radical (unpaired) electrons. The quantitative estimate of drug-likeness (QED) is 0.384. The lowest BCUT2D eigenvalue weighted by Crippen LogP contribution is -2.42. The Bertz CT molecular complexity index is 537. The molecular formula is C17H32IN7. The second-order valence-corrected chi connectivity index (χ2v) is 6.67. The van der Waals surface area contributed by atoms with Gasteiger partial charge in [-0.05, 0) is 45.7 Å². The molecule has 25 heavy (non-hydrogen) atoms. The first-order valence-electron chi connectivity index (χ1n) is 9.52. The molecule has 0 atom stereocenters. The zero-order valence-electron chi connectivity index (χ0n) is 15.3. The zero-order valence-corrected chi connectivity index (χ0v) is 17.7. The van der Waals surface area contributed by atoms with Crippen LogP contribution >= 0.6 is 24.0 Å². The lowest BCUT2D eigenvalue weighted by Gasteiger charge is -2.26. The summed E-state index contributed by atoms with van der Waals surface area (Å²) >= 11 is 0. The minimum absolute atomic E-state index is 0. The summed E-state index contributed by atoms with van der Waals surface area (Å²) < 4.78 is 2.24. The highest BCUT2D eigenvalue weighted by molar-refractivity contribution is 14.0. The van der Waals surface area contributed by atoms with Crippen LogP contribution < -0.4 is 10.6 Å². The van der Waals surface area contributed by atoms with Gasteiger partial charge in [-0.15, -0.1) is 34.2 Å². The van der Waals surface area contributed by atoms with Crippen molar-refractivity contribution >= 4 is 29.9 Å². The third-order valence-corrected chi connectivity index (χ3v) is 4.83.